The Morgan fingerprint density at radius 3 is 2.62 bits per heavy atom. The molecule has 150 valence electrons. The van der Waals surface area contributed by atoms with Crippen molar-refractivity contribution in [3.63, 3.8) is 0 Å². The van der Waals surface area contributed by atoms with E-state index in [2.05, 4.69) is 20.6 Å². The molecule has 0 radical (unpaired) electrons. The summed E-state index contributed by atoms with van der Waals surface area (Å²) in [4.78, 5) is 34.0. The Bertz CT molecular complexity index is 976. The molecule has 2 N–H and O–H groups in total. The van der Waals surface area contributed by atoms with Crippen molar-refractivity contribution < 1.29 is 9.59 Å². The van der Waals surface area contributed by atoms with Crippen molar-refractivity contribution in [3.05, 3.63) is 64.8 Å². The number of rotatable bonds is 7. The minimum atomic E-state index is -0.686. The molecule has 0 bridgehead atoms. The standard InChI is InChI=1S/C21H21ClN4O2S/c1-3-13(2)18(25-19(27)14-6-8-16(22)9-7-14)20(28)26-21-24-17(12-29-21)15-5-4-10-23-11-15/h4-13,18H,3H2,1-2H3,(H,25,27)(H,24,26,28)/t13-,18-/m0/s1. The average Bonchev–Trinajstić information content (AvgIpc) is 3.20. The van der Waals surface area contributed by atoms with Gasteiger partial charge >= 0.3 is 0 Å². The van der Waals surface area contributed by atoms with Gasteiger partial charge in [-0.2, -0.15) is 0 Å². The van der Waals surface area contributed by atoms with Gasteiger partial charge in [-0.3, -0.25) is 14.6 Å². The van der Waals surface area contributed by atoms with Crippen LogP contribution in [0.4, 0.5) is 5.13 Å². The first-order valence-electron chi connectivity index (χ1n) is 9.21. The largest absolute Gasteiger partial charge is 0.340 e. The molecule has 2 heterocycles. The van der Waals surface area contributed by atoms with Crippen LogP contribution in [0.3, 0.4) is 0 Å². The number of amides is 2. The normalized spacial score (nSPS) is 12.8. The van der Waals surface area contributed by atoms with Gasteiger partial charge in [0.2, 0.25) is 5.91 Å². The van der Waals surface area contributed by atoms with E-state index in [9.17, 15) is 9.59 Å². The molecule has 0 spiro atoms. The fraction of sp³-hybridized carbons (Fsp3) is 0.238. The summed E-state index contributed by atoms with van der Waals surface area (Å²) in [7, 11) is 0. The maximum atomic E-state index is 12.9. The molecule has 3 rings (SSSR count). The molecule has 29 heavy (non-hydrogen) atoms. The molecule has 0 fully saturated rings. The summed E-state index contributed by atoms with van der Waals surface area (Å²) in [6.07, 6.45) is 4.14. The van der Waals surface area contributed by atoms with E-state index < -0.39 is 6.04 Å². The van der Waals surface area contributed by atoms with Crippen molar-refractivity contribution in [2.24, 2.45) is 5.92 Å². The number of carbonyl (C=O) groups excluding carboxylic acids is 2. The van der Waals surface area contributed by atoms with Gasteiger partial charge < -0.3 is 10.6 Å². The molecular weight excluding hydrogens is 408 g/mol. The van der Waals surface area contributed by atoms with Gasteiger partial charge in [-0.1, -0.05) is 31.9 Å². The zero-order valence-corrected chi connectivity index (χ0v) is 17.6. The summed E-state index contributed by atoms with van der Waals surface area (Å²) >= 11 is 7.20. The number of thiazole rings is 1. The van der Waals surface area contributed by atoms with Gasteiger partial charge in [-0.15, -0.1) is 11.3 Å². The summed E-state index contributed by atoms with van der Waals surface area (Å²) < 4.78 is 0. The van der Waals surface area contributed by atoms with Gasteiger partial charge in [0.15, 0.2) is 5.13 Å². The topological polar surface area (TPSA) is 84.0 Å². The molecule has 0 aliphatic rings. The van der Waals surface area contributed by atoms with Crippen molar-refractivity contribution in [2.75, 3.05) is 5.32 Å². The highest BCUT2D eigenvalue weighted by Crippen LogP contribution is 2.24. The number of nitrogens with one attached hydrogen (secondary N) is 2. The van der Waals surface area contributed by atoms with Crippen LogP contribution < -0.4 is 10.6 Å². The van der Waals surface area contributed by atoms with Crippen molar-refractivity contribution in [3.8, 4) is 11.3 Å². The Hall–Kier alpha value is -2.77. The molecule has 2 atom stereocenters. The van der Waals surface area contributed by atoms with Crippen LogP contribution in [-0.2, 0) is 4.79 Å². The number of nitrogens with zero attached hydrogens (tertiary/aromatic N) is 2. The molecule has 0 aliphatic heterocycles. The van der Waals surface area contributed by atoms with E-state index in [0.29, 0.717) is 15.7 Å². The molecule has 6 nitrogen and oxygen atoms in total. The van der Waals surface area contributed by atoms with E-state index in [-0.39, 0.29) is 17.7 Å². The van der Waals surface area contributed by atoms with Gasteiger partial charge in [0.25, 0.3) is 5.91 Å². The number of halogens is 1. The van der Waals surface area contributed by atoms with Crippen LogP contribution in [0.1, 0.15) is 30.6 Å². The maximum Gasteiger partial charge on any atom is 0.251 e. The number of pyridine rings is 1. The van der Waals surface area contributed by atoms with Crippen LogP contribution in [0.5, 0.6) is 0 Å². The minimum Gasteiger partial charge on any atom is -0.340 e. The molecule has 2 amide bonds. The van der Waals surface area contributed by atoms with E-state index in [1.165, 1.54) is 11.3 Å². The van der Waals surface area contributed by atoms with E-state index in [0.717, 1.165) is 17.7 Å². The molecular formula is C21H21ClN4O2S. The third-order valence-electron chi connectivity index (χ3n) is 4.58. The fourth-order valence-corrected chi connectivity index (χ4v) is 3.54. The average molecular weight is 429 g/mol. The lowest BCUT2D eigenvalue weighted by Gasteiger charge is -2.23. The van der Waals surface area contributed by atoms with Gasteiger partial charge in [0.1, 0.15) is 6.04 Å². The van der Waals surface area contributed by atoms with Gasteiger partial charge in [-0.25, -0.2) is 4.98 Å². The molecule has 3 aromatic rings. The summed E-state index contributed by atoms with van der Waals surface area (Å²) in [6.45, 7) is 3.90. The number of aromatic nitrogens is 2. The lowest BCUT2D eigenvalue weighted by Crippen LogP contribution is -2.47. The number of hydrogen-bond acceptors (Lipinski definition) is 5. The number of benzene rings is 1. The highest BCUT2D eigenvalue weighted by Gasteiger charge is 2.27. The van der Waals surface area contributed by atoms with E-state index in [1.807, 2.05) is 31.4 Å². The van der Waals surface area contributed by atoms with Crippen LogP contribution in [0.2, 0.25) is 5.02 Å². The van der Waals surface area contributed by atoms with Gasteiger partial charge in [-0.05, 0) is 42.3 Å². The first kappa shape index (κ1) is 21.0. The number of anilines is 1. The maximum absolute atomic E-state index is 12.9. The molecule has 0 aliphatic carbocycles. The first-order valence-corrected chi connectivity index (χ1v) is 10.5. The number of hydrogen-bond donors (Lipinski definition) is 2. The second kappa shape index (κ2) is 9.62. The van der Waals surface area contributed by atoms with Crippen molar-refractivity contribution in [1.29, 1.82) is 0 Å². The minimum absolute atomic E-state index is 0.0518. The highest BCUT2D eigenvalue weighted by atomic mass is 35.5. The SMILES string of the molecule is CC[C@H](C)[C@H](NC(=O)c1ccc(Cl)cc1)C(=O)Nc1nc(-c2cccnc2)cs1. The Labute approximate surface area is 178 Å². The molecule has 8 heteroatoms. The Morgan fingerprint density at radius 2 is 1.97 bits per heavy atom. The highest BCUT2D eigenvalue weighted by molar-refractivity contribution is 7.14. The molecule has 0 saturated carbocycles. The zero-order valence-electron chi connectivity index (χ0n) is 16.1. The molecule has 1 aromatic carbocycles. The Balaban J connectivity index is 1.72. The van der Waals surface area contributed by atoms with E-state index in [4.69, 9.17) is 11.6 Å². The van der Waals surface area contributed by atoms with Crippen molar-refractivity contribution in [1.82, 2.24) is 15.3 Å². The summed E-state index contributed by atoms with van der Waals surface area (Å²) in [5, 5.41) is 8.54. The summed E-state index contributed by atoms with van der Waals surface area (Å²) in [5.74, 6) is -0.671. The monoisotopic (exact) mass is 428 g/mol. The Kier molecular flexibility index (Phi) is 6.95. The molecule has 2 aromatic heterocycles. The summed E-state index contributed by atoms with van der Waals surface area (Å²) in [5.41, 5.74) is 2.06. The third-order valence-corrected chi connectivity index (χ3v) is 5.59. The van der Waals surface area contributed by atoms with Crippen LogP contribution >= 0.6 is 22.9 Å². The first-order chi connectivity index (χ1) is 14.0. The summed E-state index contributed by atoms with van der Waals surface area (Å²) in [6, 6.07) is 9.59. The fourth-order valence-electron chi connectivity index (χ4n) is 2.69. The van der Waals surface area contributed by atoms with Crippen molar-refractivity contribution >= 4 is 39.9 Å². The quantitative estimate of drug-likeness (QED) is 0.574. The van der Waals surface area contributed by atoms with Crippen molar-refractivity contribution in [2.45, 2.75) is 26.3 Å². The molecule has 0 unspecified atom stereocenters. The lowest BCUT2D eigenvalue weighted by molar-refractivity contribution is -0.119. The van der Waals surface area contributed by atoms with Crippen LogP contribution in [0.25, 0.3) is 11.3 Å². The third kappa shape index (κ3) is 5.40. The van der Waals surface area contributed by atoms with Crippen LogP contribution in [0.15, 0.2) is 54.2 Å². The smallest absolute Gasteiger partial charge is 0.251 e. The second-order valence-electron chi connectivity index (χ2n) is 6.61. The second-order valence-corrected chi connectivity index (χ2v) is 7.91. The van der Waals surface area contributed by atoms with E-state index >= 15 is 0 Å². The van der Waals surface area contributed by atoms with E-state index in [1.54, 1.807) is 36.7 Å². The van der Waals surface area contributed by atoms with Crippen LogP contribution in [0, 0.1) is 5.92 Å². The predicted molar refractivity (Wildman–Crippen MR) is 116 cm³/mol. The Morgan fingerprint density at radius 1 is 1.21 bits per heavy atom. The zero-order chi connectivity index (χ0) is 20.8. The predicted octanol–water partition coefficient (Wildman–Crippen LogP) is 4.64. The molecule has 0 saturated heterocycles. The lowest BCUT2D eigenvalue weighted by atomic mass is 9.98. The number of carbonyl (C=O) groups is 2. The van der Waals surface area contributed by atoms with Gasteiger partial charge in [0.05, 0.1) is 5.69 Å². The van der Waals surface area contributed by atoms with Crippen LogP contribution in [-0.4, -0.2) is 27.8 Å². The van der Waals surface area contributed by atoms with Gasteiger partial charge in [0, 0.05) is 33.9 Å².